The summed E-state index contributed by atoms with van der Waals surface area (Å²) in [5.41, 5.74) is 3.27. The van der Waals surface area contributed by atoms with Gasteiger partial charge in [0.05, 0.1) is 11.9 Å². The van der Waals surface area contributed by atoms with Crippen molar-refractivity contribution in [2.75, 3.05) is 18.4 Å². The highest BCUT2D eigenvalue weighted by Gasteiger charge is 2.33. The van der Waals surface area contributed by atoms with E-state index < -0.39 is 0 Å². The molecule has 1 aliphatic heterocycles. The summed E-state index contributed by atoms with van der Waals surface area (Å²) < 4.78 is 16.8. The summed E-state index contributed by atoms with van der Waals surface area (Å²) in [6, 6.07) is 11.1. The van der Waals surface area contributed by atoms with Gasteiger partial charge in [-0.1, -0.05) is 26.0 Å². The Balaban J connectivity index is 1.41. The molecule has 1 saturated heterocycles. The Morgan fingerprint density at radius 3 is 2.72 bits per heavy atom. The molecular formula is C23H25FN4O. The number of imidazole rings is 1. The summed E-state index contributed by atoms with van der Waals surface area (Å²) in [6.07, 6.45) is 3.65. The molecule has 6 heteroatoms. The zero-order valence-corrected chi connectivity index (χ0v) is 16.8. The van der Waals surface area contributed by atoms with Crippen LogP contribution < -0.4 is 5.32 Å². The molecule has 1 saturated carbocycles. The summed E-state index contributed by atoms with van der Waals surface area (Å²) in [5, 5.41) is 2.87. The number of anilines is 1. The first-order chi connectivity index (χ1) is 13.9. The van der Waals surface area contributed by atoms with Gasteiger partial charge in [-0.25, -0.2) is 9.37 Å². The van der Waals surface area contributed by atoms with Crippen LogP contribution >= 0.6 is 0 Å². The zero-order chi connectivity index (χ0) is 20.2. The van der Waals surface area contributed by atoms with Crippen molar-refractivity contribution in [2.45, 2.75) is 33.2 Å². The number of amides is 1. The highest BCUT2D eigenvalue weighted by molar-refractivity contribution is 5.93. The van der Waals surface area contributed by atoms with Gasteiger partial charge in [0.15, 0.2) is 5.82 Å². The van der Waals surface area contributed by atoms with Crippen molar-refractivity contribution in [1.29, 1.82) is 0 Å². The molecule has 2 fully saturated rings. The molecule has 0 atom stereocenters. The maximum Gasteiger partial charge on any atom is 0.228 e. The third-order valence-corrected chi connectivity index (χ3v) is 5.71. The second-order valence-electron chi connectivity index (χ2n) is 9.15. The van der Waals surface area contributed by atoms with Crippen molar-refractivity contribution < 1.29 is 9.18 Å². The molecule has 29 heavy (non-hydrogen) atoms. The van der Waals surface area contributed by atoms with Crippen LogP contribution in [-0.4, -0.2) is 33.3 Å². The Labute approximate surface area is 169 Å². The van der Waals surface area contributed by atoms with Crippen molar-refractivity contribution in [3.63, 3.8) is 0 Å². The van der Waals surface area contributed by atoms with Gasteiger partial charge in [-0.3, -0.25) is 14.1 Å². The molecule has 2 aliphatic rings. The van der Waals surface area contributed by atoms with Crippen LogP contribution in [0.5, 0.6) is 0 Å². The first-order valence-corrected chi connectivity index (χ1v) is 10.2. The second kappa shape index (κ2) is 6.66. The van der Waals surface area contributed by atoms with Crippen LogP contribution in [0.4, 0.5) is 10.2 Å². The van der Waals surface area contributed by atoms with Crippen LogP contribution in [0, 0.1) is 17.2 Å². The molecule has 0 bridgehead atoms. The van der Waals surface area contributed by atoms with E-state index in [1.807, 2.05) is 34.7 Å². The number of fused-ring (bicyclic) bond motifs is 1. The zero-order valence-electron chi connectivity index (χ0n) is 16.8. The predicted octanol–water partition coefficient (Wildman–Crippen LogP) is 4.33. The number of halogens is 1. The van der Waals surface area contributed by atoms with Crippen molar-refractivity contribution >= 4 is 17.4 Å². The Morgan fingerprint density at radius 1 is 1.24 bits per heavy atom. The normalized spacial score (nSPS) is 18.6. The van der Waals surface area contributed by atoms with Gasteiger partial charge in [0.1, 0.15) is 11.5 Å². The monoisotopic (exact) mass is 392 g/mol. The van der Waals surface area contributed by atoms with Crippen LogP contribution in [0.1, 0.15) is 32.3 Å². The van der Waals surface area contributed by atoms with Crippen molar-refractivity contribution in [3.05, 3.63) is 54.0 Å². The molecule has 1 aromatic carbocycles. The first kappa shape index (κ1) is 18.3. The van der Waals surface area contributed by atoms with Gasteiger partial charge in [-0.05, 0) is 48.1 Å². The topological polar surface area (TPSA) is 49.6 Å². The van der Waals surface area contributed by atoms with Crippen molar-refractivity contribution in [3.8, 4) is 11.3 Å². The van der Waals surface area contributed by atoms with Gasteiger partial charge >= 0.3 is 0 Å². The molecule has 0 radical (unpaired) electrons. The summed E-state index contributed by atoms with van der Waals surface area (Å²) in [6.45, 7) is 7.36. The van der Waals surface area contributed by atoms with Crippen molar-refractivity contribution in [2.24, 2.45) is 11.3 Å². The maximum absolute atomic E-state index is 15.0. The van der Waals surface area contributed by atoms with E-state index in [-0.39, 0.29) is 17.6 Å². The average molecular weight is 392 g/mol. The first-order valence-electron chi connectivity index (χ1n) is 10.2. The van der Waals surface area contributed by atoms with Crippen molar-refractivity contribution in [1.82, 2.24) is 14.3 Å². The summed E-state index contributed by atoms with van der Waals surface area (Å²) in [5.74, 6) is 0.389. The molecule has 3 heterocycles. The molecule has 5 rings (SSSR count). The fourth-order valence-electron chi connectivity index (χ4n) is 4.26. The lowest BCUT2D eigenvalue weighted by Crippen LogP contribution is -2.52. The minimum atomic E-state index is -0.243. The minimum Gasteiger partial charge on any atom is -0.309 e. The molecule has 3 aromatic rings. The van der Waals surface area contributed by atoms with Gasteiger partial charge in [-0.2, -0.15) is 0 Å². The molecule has 0 unspecified atom stereocenters. The molecular weight excluding hydrogens is 367 g/mol. The van der Waals surface area contributed by atoms with E-state index >= 15 is 0 Å². The fraction of sp³-hybridized carbons (Fsp3) is 0.391. The smallest absolute Gasteiger partial charge is 0.228 e. The number of hydrogen-bond acceptors (Lipinski definition) is 3. The molecule has 1 aliphatic carbocycles. The Morgan fingerprint density at radius 2 is 2.03 bits per heavy atom. The lowest BCUT2D eigenvalue weighted by atomic mass is 9.84. The molecule has 0 spiro atoms. The van der Waals surface area contributed by atoms with E-state index in [2.05, 4.69) is 29.0 Å². The third-order valence-electron chi connectivity index (χ3n) is 5.71. The van der Waals surface area contributed by atoms with Crippen LogP contribution in [0.25, 0.3) is 16.9 Å². The van der Waals surface area contributed by atoms with Crippen LogP contribution in [0.15, 0.2) is 42.6 Å². The molecule has 2 aromatic heterocycles. The van der Waals surface area contributed by atoms with E-state index in [9.17, 15) is 9.18 Å². The number of nitrogens with one attached hydrogen (secondary N) is 1. The largest absolute Gasteiger partial charge is 0.309 e. The van der Waals surface area contributed by atoms with Gasteiger partial charge in [-0.15, -0.1) is 0 Å². The maximum atomic E-state index is 15.0. The molecule has 1 amide bonds. The average Bonchev–Trinajstić information content (AvgIpc) is 3.41. The number of nitrogens with zero attached hydrogens (tertiary/aromatic N) is 3. The van der Waals surface area contributed by atoms with Gasteiger partial charge in [0.2, 0.25) is 5.91 Å². The lowest BCUT2D eigenvalue weighted by molar-refractivity contribution is -0.117. The second-order valence-corrected chi connectivity index (χ2v) is 9.15. The molecule has 1 N–H and O–H groups in total. The standard InChI is InChI=1S/C23H25FN4O/c1-23(2)13-27(14-23)11-15-6-9-17(18(24)10-15)19-4-3-5-21-25-20(12-28(19)21)26-22(29)16-7-8-16/h3-6,9-10,12,16H,7-8,11,13-14H2,1-2H3,(H,26,29). The highest BCUT2D eigenvalue weighted by Crippen LogP contribution is 2.32. The fourth-order valence-corrected chi connectivity index (χ4v) is 4.26. The van der Waals surface area contributed by atoms with E-state index in [0.717, 1.165) is 43.7 Å². The number of carbonyl (C=O) groups excluding carboxylic acids is 1. The Hall–Kier alpha value is -2.73. The summed E-state index contributed by atoms with van der Waals surface area (Å²) in [4.78, 5) is 18.8. The van der Waals surface area contributed by atoms with Gasteiger partial charge in [0.25, 0.3) is 0 Å². The number of pyridine rings is 1. The number of benzene rings is 1. The number of hydrogen-bond donors (Lipinski definition) is 1. The summed E-state index contributed by atoms with van der Waals surface area (Å²) >= 11 is 0. The lowest BCUT2D eigenvalue weighted by Gasteiger charge is -2.46. The quantitative estimate of drug-likeness (QED) is 0.703. The van der Waals surface area contributed by atoms with Gasteiger partial charge < -0.3 is 5.32 Å². The van der Waals surface area contributed by atoms with Crippen LogP contribution in [-0.2, 0) is 11.3 Å². The van der Waals surface area contributed by atoms with E-state index in [0.29, 0.717) is 22.4 Å². The number of rotatable bonds is 5. The highest BCUT2D eigenvalue weighted by atomic mass is 19.1. The van der Waals surface area contributed by atoms with Crippen LogP contribution in [0.2, 0.25) is 0 Å². The van der Waals surface area contributed by atoms with E-state index in [1.54, 1.807) is 12.3 Å². The number of likely N-dealkylation sites (tertiary alicyclic amines) is 1. The van der Waals surface area contributed by atoms with Crippen LogP contribution in [0.3, 0.4) is 0 Å². The number of aromatic nitrogens is 2. The summed E-state index contributed by atoms with van der Waals surface area (Å²) in [7, 11) is 0. The van der Waals surface area contributed by atoms with Gasteiger partial charge in [0, 0.05) is 31.1 Å². The SMILES string of the molecule is CC1(C)CN(Cc2ccc(-c3cccc4nc(NC(=O)C5CC5)cn34)c(F)c2)C1. The minimum absolute atomic E-state index is 0.0136. The van der Waals surface area contributed by atoms with E-state index in [4.69, 9.17) is 0 Å². The Bertz CT molecular complexity index is 1090. The Kier molecular flexibility index (Phi) is 4.21. The molecule has 5 nitrogen and oxygen atoms in total. The molecule has 150 valence electrons. The third kappa shape index (κ3) is 3.65. The predicted molar refractivity (Wildman–Crippen MR) is 111 cm³/mol. The van der Waals surface area contributed by atoms with E-state index in [1.165, 1.54) is 0 Å². The number of carbonyl (C=O) groups is 1.